The zero-order valence-corrected chi connectivity index (χ0v) is 11.6. The zero-order valence-electron chi connectivity index (χ0n) is 11.6. The van der Waals surface area contributed by atoms with Gasteiger partial charge in [-0.2, -0.15) is 0 Å². The van der Waals surface area contributed by atoms with Crippen molar-refractivity contribution in [2.75, 3.05) is 0 Å². The Morgan fingerprint density at radius 2 is 1.37 bits per heavy atom. The predicted octanol–water partition coefficient (Wildman–Crippen LogP) is -1.49. The summed E-state index contributed by atoms with van der Waals surface area (Å²) >= 11 is 0. The van der Waals surface area contributed by atoms with Crippen molar-refractivity contribution in [3.8, 4) is 0 Å². The lowest BCUT2D eigenvalue weighted by Crippen LogP contribution is -2.55. The largest absolute Gasteiger partial charge is 0.391 e. The molecule has 0 radical (unpaired) electrons. The van der Waals surface area contributed by atoms with Crippen LogP contribution in [-0.2, 0) is 14.4 Å². The summed E-state index contributed by atoms with van der Waals surface area (Å²) in [5.74, 6) is -1.60. The maximum absolute atomic E-state index is 12.1. The lowest BCUT2D eigenvalue weighted by atomic mass is 10.0. The van der Waals surface area contributed by atoms with Crippen LogP contribution in [0.1, 0.15) is 27.7 Å². The summed E-state index contributed by atoms with van der Waals surface area (Å²) in [4.78, 5) is 35.8. The fourth-order valence-corrected chi connectivity index (χ4v) is 1.83. The molecule has 1 aliphatic heterocycles. The highest BCUT2D eigenvalue weighted by molar-refractivity contribution is 5.97. The van der Waals surface area contributed by atoms with Gasteiger partial charge in [-0.25, -0.2) is 0 Å². The monoisotopic (exact) mass is 271 g/mol. The van der Waals surface area contributed by atoms with Crippen molar-refractivity contribution < 1.29 is 19.5 Å². The van der Waals surface area contributed by atoms with E-state index in [9.17, 15) is 19.5 Å². The average molecular weight is 271 g/mol. The topological polar surface area (TPSA) is 108 Å². The Labute approximate surface area is 112 Å². The molecule has 19 heavy (non-hydrogen) atoms. The molecule has 0 aromatic rings. The smallest absolute Gasteiger partial charge is 0.245 e. The Bertz CT molecular complexity index is 375. The Morgan fingerprint density at radius 1 is 0.895 bits per heavy atom. The van der Waals surface area contributed by atoms with Crippen LogP contribution < -0.4 is 16.0 Å². The lowest BCUT2D eigenvalue weighted by molar-refractivity contribution is -0.132. The lowest BCUT2D eigenvalue weighted by Gasteiger charge is -2.23. The molecule has 1 saturated heterocycles. The van der Waals surface area contributed by atoms with Gasteiger partial charge < -0.3 is 21.1 Å². The van der Waals surface area contributed by atoms with Gasteiger partial charge in [0.25, 0.3) is 0 Å². The van der Waals surface area contributed by atoms with Crippen molar-refractivity contribution in [2.24, 2.45) is 5.92 Å². The summed E-state index contributed by atoms with van der Waals surface area (Å²) in [6.45, 7) is 6.52. The first kappa shape index (κ1) is 15.4. The summed E-state index contributed by atoms with van der Waals surface area (Å²) < 4.78 is 0. The Balaban J connectivity index is 3.05. The molecule has 1 rings (SSSR count). The van der Waals surface area contributed by atoms with Crippen LogP contribution in [0.25, 0.3) is 0 Å². The second-order valence-corrected chi connectivity index (χ2v) is 5.19. The summed E-state index contributed by atoms with van der Waals surface area (Å²) in [6, 6.07) is -2.56. The van der Waals surface area contributed by atoms with E-state index in [4.69, 9.17) is 0 Å². The van der Waals surface area contributed by atoms with E-state index in [-0.39, 0.29) is 5.92 Å². The van der Waals surface area contributed by atoms with Crippen molar-refractivity contribution >= 4 is 17.7 Å². The number of hydrogen-bond acceptors (Lipinski definition) is 4. The molecular weight excluding hydrogens is 250 g/mol. The van der Waals surface area contributed by atoms with Crippen LogP contribution in [0, 0.1) is 5.92 Å². The van der Waals surface area contributed by atoms with Gasteiger partial charge in [-0.1, -0.05) is 13.8 Å². The quantitative estimate of drug-likeness (QED) is 0.491. The van der Waals surface area contributed by atoms with Crippen LogP contribution in [0.3, 0.4) is 0 Å². The Hall–Kier alpha value is -1.63. The molecule has 4 atom stereocenters. The van der Waals surface area contributed by atoms with Crippen LogP contribution in [-0.4, -0.2) is 47.1 Å². The van der Waals surface area contributed by atoms with Gasteiger partial charge >= 0.3 is 0 Å². The molecule has 1 aliphatic rings. The van der Waals surface area contributed by atoms with Crippen molar-refractivity contribution in [1.82, 2.24) is 16.0 Å². The maximum Gasteiger partial charge on any atom is 0.245 e. The number of amides is 3. The molecule has 0 spiro atoms. The van der Waals surface area contributed by atoms with Gasteiger partial charge in [-0.15, -0.1) is 0 Å². The molecule has 0 aliphatic carbocycles. The van der Waals surface area contributed by atoms with Gasteiger partial charge in [0.1, 0.15) is 18.1 Å². The number of carbonyl (C=O) groups is 3. The number of nitrogens with one attached hydrogen (secondary N) is 3. The summed E-state index contributed by atoms with van der Waals surface area (Å²) in [5, 5.41) is 17.1. The third-order valence-electron chi connectivity index (χ3n) is 3.06. The predicted molar refractivity (Wildman–Crippen MR) is 68.0 cm³/mol. The van der Waals surface area contributed by atoms with E-state index in [0.29, 0.717) is 0 Å². The van der Waals surface area contributed by atoms with Crippen molar-refractivity contribution in [3.63, 3.8) is 0 Å². The fourth-order valence-electron chi connectivity index (χ4n) is 1.83. The van der Waals surface area contributed by atoms with Gasteiger partial charge in [-0.3, -0.25) is 14.4 Å². The van der Waals surface area contributed by atoms with Crippen molar-refractivity contribution in [3.05, 3.63) is 0 Å². The van der Waals surface area contributed by atoms with E-state index < -0.39 is 42.0 Å². The summed E-state index contributed by atoms with van der Waals surface area (Å²) in [7, 11) is 0. The summed E-state index contributed by atoms with van der Waals surface area (Å²) in [6.07, 6.45) is -1.04. The van der Waals surface area contributed by atoms with Gasteiger partial charge in [-0.05, 0) is 19.8 Å². The highest BCUT2D eigenvalue weighted by atomic mass is 16.3. The first-order valence-corrected chi connectivity index (χ1v) is 6.33. The van der Waals surface area contributed by atoms with Crippen LogP contribution in [0.4, 0.5) is 0 Å². The highest BCUT2D eigenvalue weighted by Gasteiger charge is 2.35. The van der Waals surface area contributed by atoms with E-state index in [1.807, 2.05) is 0 Å². The minimum atomic E-state index is -1.07. The van der Waals surface area contributed by atoms with Crippen LogP contribution >= 0.6 is 0 Å². The van der Waals surface area contributed by atoms with E-state index >= 15 is 0 Å². The second-order valence-electron chi connectivity index (χ2n) is 5.19. The second kappa shape index (κ2) is 6.01. The normalized spacial score (nSPS) is 30.6. The van der Waals surface area contributed by atoms with E-state index in [0.717, 1.165) is 0 Å². The van der Waals surface area contributed by atoms with Crippen LogP contribution in [0.15, 0.2) is 0 Å². The number of aliphatic hydroxyl groups excluding tert-OH is 1. The molecule has 1 fully saturated rings. The molecule has 0 bridgehead atoms. The molecule has 1 heterocycles. The highest BCUT2D eigenvalue weighted by Crippen LogP contribution is 2.06. The summed E-state index contributed by atoms with van der Waals surface area (Å²) in [5.41, 5.74) is 0. The Morgan fingerprint density at radius 3 is 1.84 bits per heavy atom. The minimum Gasteiger partial charge on any atom is -0.391 e. The first-order chi connectivity index (χ1) is 8.73. The molecule has 0 unspecified atom stereocenters. The van der Waals surface area contributed by atoms with E-state index in [2.05, 4.69) is 16.0 Å². The number of carbonyl (C=O) groups excluding carboxylic acids is 3. The third-order valence-corrected chi connectivity index (χ3v) is 3.06. The maximum atomic E-state index is 12.1. The van der Waals surface area contributed by atoms with Crippen molar-refractivity contribution in [1.29, 1.82) is 0 Å². The van der Waals surface area contributed by atoms with Crippen LogP contribution in [0.2, 0.25) is 0 Å². The number of hydrogen-bond donors (Lipinski definition) is 4. The molecule has 0 aromatic heterocycles. The molecule has 7 nitrogen and oxygen atoms in total. The Kier molecular flexibility index (Phi) is 4.88. The fraction of sp³-hybridized carbons (Fsp3) is 0.750. The van der Waals surface area contributed by atoms with Crippen molar-refractivity contribution in [2.45, 2.75) is 51.9 Å². The molecular formula is C12H21N3O4. The SMILES string of the molecule is CC(C)[C@@H]1NC(=O)[C@H](C)NC(=O)[C@H]([C@@H](C)O)NC1=O. The molecule has 4 N–H and O–H groups in total. The number of aliphatic hydroxyl groups is 1. The van der Waals surface area contributed by atoms with Gasteiger partial charge in [0.05, 0.1) is 6.10 Å². The molecule has 7 heteroatoms. The first-order valence-electron chi connectivity index (χ1n) is 6.33. The molecule has 0 aromatic carbocycles. The average Bonchev–Trinajstić information content (AvgIpc) is 2.33. The molecule has 108 valence electrons. The standard InChI is InChI=1S/C12H21N3O4/c1-5(2)8-11(18)15-9(7(4)16)12(19)13-6(3)10(17)14-8/h5-9,16H,1-4H3,(H,13,19)(H,14,17)(H,15,18)/t6-,7+,8-,9-/m0/s1. The third kappa shape index (κ3) is 3.66. The molecule has 3 amide bonds. The number of rotatable bonds is 2. The zero-order chi connectivity index (χ0) is 14.7. The van der Waals surface area contributed by atoms with Gasteiger partial charge in [0.2, 0.25) is 17.7 Å². The van der Waals surface area contributed by atoms with E-state index in [1.54, 1.807) is 13.8 Å². The van der Waals surface area contributed by atoms with Crippen LogP contribution in [0.5, 0.6) is 0 Å². The van der Waals surface area contributed by atoms with E-state index in [1.165, 1.54) is 13.8 Å². The van der Waals surface area contributed by atoms with Gasteiger partial charge in [0.15, 0.2) is 0 Å². The van der Waals surface area contributed by atoms with Gasteiger partial charge in [0, 0.05) is 0 Å². The minimum absolute atomic E-state index is 0.126. The molecule has 0 saturated carbocycles.